The third-order valence-corrected chi connectivity index (χ3v) is 3.83. The van der Waals surface area contributed by atoms with Gasteiger partial charge in [0.25, 0.3) is 0 Å². The van der Waals surface area contributed by atoms with Crippen molar-refractivity contribution in [3.05, 3.63) is 35.4 Å². The van der Waals surface area contributed by atoms with Gasteiger partial charge in [0.15, 0.2) is 0 Å². The van der Waals surface area contributed by atoms with E-state index >= 15 is 0 Å². The number of nitrogens with zero attached hydrogens (tertiary/aromatic N) is 1. The minimum atomic E-state index is 0.339. The molecular weight excluding hydrogens is 222 g/mol. The molecule has 18 heavy (non-hydrogen) atoms. The van der Waals surface area contributed by atoms with Crippen LogP contribution in [0.4, 0.5) is 0 Å². The molecule has 1 aliphatic heterocycles. The van der Waals surface area contributed by atoms with Gasteiger partial charge in [0.1, 0.15) is 0 Å². The topological polar surface area (TPSA) is 23.5 Å². The standard InChI is InChI=1S/C16H25NO/c1-2-4-14-6-8-15(9-7-14)11-17-10-3-5-16(12-17)13-18/h6-9,16,18H,2-5,10-13H2,1H3. The second-order valence-electron chi connectivity index (χ2n) is 5.49. The molecule has 2 heteroatoms. The molecule has 0 aromatic heterocycles. The van der Waals surface area contributed by atoms with Gasteiger partial charge in [0.2, 0.25) is 0 Å². The Bertz CT molecular complexity index is 347. The lowest BCUT2D eigenvalue weighted by atomic mass is 9.98. The van der Waals surface area contributed by atoms with E-state index in [1.165, 1.54) is 43.4 Å². The van der Waals surface area contributed by atoms with Gasteiger partial charge in [0.05, 0.1) is 0 Å². The molecule has 2 rings (SSSR count). The van der Waals surface area contributed by atoms with E-state index in [1.54, 1.807) is 0 Å². The predicted molar refractivity (Wildman–Crippen MR) is 75.5 cm³/mol. The highest BCUT2D eigenvalue weighted by Crippen LogP contribution is 2.18. The molecule has 0 spiro atoms. The predicted octanol–water partition coefficient (Wildman–Crippen LogP) is 2.84. The summed E-state index contributed by atoms with van der Waals surface area (Å²) in [6, 6.07) is 9.03. The lowest BCUT2D eigenvalue weighted by Crippen LogP contribution is -2.36. The van der Waals surface area contributed by atoms with Crippen LogP contribution in [0.15, 0.2) is 24.3 Å². The van der Waals surface area contributed by atoms with Gasteiger partial charge in [-0.2, -0.15) is 0 Å². The number of piperidine rings is 1. The molecule has 0 amide bonds. The summed E-state index contributed by atoms with van der Waals surface area (Å²) in [5.41, 5.74) is 2.83. The van der Waals surface area contributed by atoms with Gasteiger partial charge in [-0.15, -0.1) is 0 Å². The Kier molecular flexibility index (Phi) is 5.21. The zero-order valence-electron chi connectivity index (χ0n) is 11.4. The minimum absolute atomic E-state index is 0.339. The summed E-state index contributed by atoms with van der Waals surface area (Å²) < 4.78 is 0. The minimum Gasteiger partial charge on any atom is -0.396 e. The van der Waals surface area contributed by atoms with Crippen molar-refractivity contribution in [2.75, 3.05) is 19.7 Å². The number of aliphatic hydroxyl groups is 1. The van der Waals surface area contributed by atoms with Crippen LogP contribution in [0, 0.1) is 5.92 Å². The van der Waals surface area contributed by atoms with Crippen molar-refractivity contribution in [3.63, 3.8) is 0 Å². The van der Waals surface area contributed by atoms with Crippen LogP contribution in [0.1, 0.15) is 37.3 Å². The molecule has 2 nitrogen and oxygen atoms in total. The molecule has 100 valence electrons. The van der Waals surface area contributed by atoms with Gasteiger partial charge in [-0.3, -0.25) is 4.90 Å². The van der Waals surface area contributed by atoms with Crippen molar-refractivity contribution in [3.8, 4) is 0 Å². The van der Waals surface area contributed by atoms with Crippen LogP contribution >= 0.6 is 0 Å². The van der Waals surface area contributed by atoms with E-state index in [0.29, 0.717) is 12.5 Å². The molecule has 1 fully saturated rings. The van der Waals surface area contributed by atoms with Crippen LogP contribution in [0.5, 0.6) is 0 Å². The fraction of sp³-hybridized carbons (Fsp3) is 0.625. The summed E-state index contributed by atoms with van der Waals surface area (Å²) in [5, 5.41) is 9.24. The van der Waals surface area contributed by atoms with Crippen LogP contribution < -0.4 is 0 Å². The Hall–Kier alpha value is -0.860. The molecule has 1 unspecified atom stereocenters. The number of likely N-dealkylation sites (tertiary alicyclic amines) is 1. The van der Waals surface area contributed by atoms with E-state index in [1.807, 2.05) is 0 Å². The first-order valence-corrected chi connectivity index (χ1v) is 7.23. The van der Waals surface area contributed by atoms with Gasteiger partial charge in [-0.25, -0.2) is 0 Å². The molecule has 0 bridgehead atoms. The van der Waals surface area contributed by atoms with Gasteiger partial charge >= 0.3 is 0 Å². The summed E-state index contributed by atoms with van der Waals surface area (Å²) >= 11 is 0. The van der Waals surface area contributed by atoms with Crippen molar-refractivity contribution >= 4 is 0 Å². The molecule has 0 radical (unpaired) electrons. The smallest absolute Gasteiger partial charge is 0.0471 e. The second kappa shape index (κ2) is 6.91. The second-order valence-corrected chi connectivity index (χ2v) is 5.49. The van der Waals surface area contributed by atoms with E-state index < -0.39 is 0 Å². The lowest BCUT2D eigenvalue weighted by Gasteiger charge is -2.31. The molecule has 1 saturated heterocycles. The highest BCUT2D eigenvalue weighted by molar-refractivity contribution is 5.22. The maximum atomic E-state index is 9.24. The lowest BCUT2D eigenvalue weighted by molar-refractivity contribution is 0.116. The summed E-state index contributed by atoms with van der Waals surface area (Å²) in [4.78, 5) is 2.47. The fourth-order valence-corrected chi connectivity index (χ4v) is 2.80. The van der Waals surface area contributed by atoms with Crippen molar-refractivity contribution in [2.24, 2.45) is 5.92 Å². The van der Waals surface area contributed by atoms with E-state index in [-0.39, 0.29) is 0 Å². The SMILES string of the molecule is CCCc1ccc(CN2CCCC(CO)C2)cc1. The maximum absolute atomic E-state index is 9.24. The normalized spacial score (nSPS) is 21.1. The molecule has 1 heterocycles. The monoisotopic (exact) mass is 247 g/mol. The first kappa shape index (κ1) is 13.6. The van der Waals surface area contributed by atoms with Crippen molar-refractivity contribution in [1.29, 1.82) is 0 Å². The maximum Gasteiger partial charge on any atom is 0.0471 e. The molecular formula is C16H25NO. The van der Waals surface area contributed by atoms with Gasteiger partial charge in [0, 0.05) is 19.7 Å². The third-order valence-electron chi connectivity index (χ3n) is 3.83. The number of rotatable bonds is 5. The average molecular weight is 247 g/mol. The molecule has 1 aromatic rings. The van der Waals surface area contributed by atoms with Crippen LogP contribution in [0.3, 0.4) is 0 Å². The molecule has 1 atom stereocenters. The summed E-state index contributed by atoms with van der Waals surface area (Å²) in [6.07, 6.45) is 4.79. The van der Waals surface area contributed by atoms with Crippen molar-refractivity contribution in [2.45, 2.75) is 39.2 Å². The Morgan fingerprint density at radius 3 is 2.61 bits per heavy atom. The van der Waals surface area contributed by atoms with Crippen LogP contribution in [0.2, 0.25) is 0 Å². The number of aliphatic hydroxyl groups excluding tert-OH is 1. The zero-order chi connectivity index (χ0) is 12.8. The molecule has 1 N–H and O–H groups in total. The van der Waals surface area contributed by atoms with E-state index in [0.717, 1.165) is 13.1 Å². The largest absolute Gasteiger partial charge is 0.396 e. The Morgan fingerprint density at radius 2 is 1.94 bits per heavy atom. The van der Waals surface area contributed by atoms with E-state index in [2.05, 4.69) is 36.1 Å². The summed E-state index contributed by atoms with van der Waals surface area (Å²) in [5.74, 6) is 0.484. The highest BCUT2D eigenvalue weighted by atomic mass is 16.3. The number of hydrogen-bond acceptors (Lipinski definition) is 2. The molecule has 0 saturated carbocycles. The van der Waals surface area contributed by atoms with E-state index in [4.69, 9.17) is 0 Å². The van der Waals surface area contributed by atoms with Gasteiger partial charge in [-0.1, -0.05) is 37.6 Å². The molecule has 0 aliphatic carbocycles. The molecule has 1 aromatic carbocycles. The Balaban J connectivity index is 1.88. The number of hydrogen-bond donors (Lipinski definition) is 1. The first-order valence-electron chi connectivity index (χ1n) is 7.23. The molecule has 1 aliphatic rings. The fourth-order valence-electron chi connectivity index (χ4n) is 2.80. The zero-order valence-corrected chi connectivity index (χ0v) is 11.4. The third kappa shape index (κ3) is 3.82. The summed E-state index contributed by atoms with van der Waals surface area (Å²) in [7, 11) is 0. The van der Waals surface area contributed by atoms with Gasteiger partial charge in [-0.05, 0) is 42.9 Å². The Morgan fingerprint density at radius 1 is 1.22 bits per heavy atom. The number of aryl methyl sites for hydroxylation is 1. The van der Waals surface area contributed by atoms with Crippen LogP contribution in [0.25, 0.3) is 0 Å². The van der Waals surface area contributed by atoms with Gasteiger partial charge < -0.3 is 5.11 Å². The highest BCUT2D eigenvalue weighted by Gasteiger charge is 2.18. The number of benzene rings is 1. The first-order chi connectivity index (χ1) is 8.81. The van der Waals surface area contributed by atoms with Crippen LogP contribution in [-0.4, -0.2) is 29.7 Å². The van der Waals surface area contributed by atoms with Crippen molar-refractivity contribution in [1.82, 2.24) is 4.90 Å². The summed E-state index contributed by atoms with van der Waals surface area (Å²) in [6.45, 7) is 5.81. The Labute approximate surface area is 111 Å². The quantitative estimate of drug-likeness (QED) is 0.865. The van der Waals surface area contributed by atoms with E-state index in [9.17, 15) is 5.11 Å². The van der Waals surface area contributed by atoms with Crippen molar-refractivity contribution < 1.29 is 5.11 Å². The average Bonchev–Trinajstić information content (AvgIpc) is 2.42. The van der Waals surface area contributed by atoms with Crippen LogP contribution in [-0.2, 0) is 13.0 Å².